The quantitative estimate of drug-likeness (QED) is 0.431. The average Bonchev–Trinajstić information content (AvgIpc) is 3.04. The van der Waals surface area contributed by atoms with Crippen LogP contribution in [0.2, 0.25) is 0 Å². The molecule has 0 unspecified atom stereocenters. The number of para-hydroxylation sites is 1. The Kier molecular flexibility index (Phi) is 4.24. The molecular formula is C16H12N2O6S. The summed E-state index contributed by atoms with van der Waals surface area (Å²) >= 11 is 1.26. The summed E-state index contributed by atoms with van der Waals surface area (Å²) < 4.78 is 10.5. The van der Waals surface area contributed by atoms with Crippen LogP contribution in [0.25, 0.3) is 20.8 Å². The molecule has 3 rings (SSSR count). The van der Waals surface area contributed by atoms with E-state index in [2.05, 4.69) is 9.72 Å². The Labute approximate surface area is 145 Å². The number of phenolic OH excluding ortho intramolecular Hbond substituents is 1. The third kappa shape index (κ3) is 2.74. The van der Waals surface area contributed by atoms with Crippen LogP contribution in [0.3, 0.4) is 0 Å². The molecule has 128 valence electrons. The van der Waals surface area contributed by atoms with Crippen molar-refractivity contribution in [2.24, 2.45) is 0 Å². The number of methoxy groups -OCH3 is 2. The van der Waals surface area contributed by atoms with Crippen molar-refractivity contribution in [1.82, 2.24) is 4.98 Å². The van der Waals surface area contributed by atoms with E-state index in [1.165, 1.54) is 24.5 Å². The van der Waals surface area contributed by atoms with Gasteiger partial charge in [0.2, 0.25) is 5.75 Å². The molecule has 0 saturated heterocycles. The summed E-state index contributed by atoms with van der Waals surface area (Å²) in [7, 11) is 2.37. The number of carbonyl (C=O) groups is 1. The van der Waals surface area contributed by atoms with Crippen molar-refractivity contribution >= 4 is 33.2 Å². The number of nitro benzene ring substituents is 1. The molecule has 0 saturated carbocycles. The number of carbonyl (C=O) groups excluding carboxylic acids is 1. The molecule has 0 amide bonds. The van der Waals surface area contributed by atoms with Gasteiger partial charge in [-0.3, -0.25) is 10.1 Å². The van der Waals surface area contributed by atoms with Crippen LogP contribution in [0.5, 0.6) is 11.5 Å². The number of hydrogen-bond donors (Lipinski definition) is 1. The third-order valence-corrected chi connectivity index (χ3v) is 4.63. The highest BCUT2D eigenvalue weighted by Crippen LogP contribution is 2.45. The van der Waals surface area contributed by atoms with Gasteiger partial charge in [-0.15, -0.1) is 11.3 Å². The minimum absolute atomic E-state index is 0.131. The number of phenols is 1. The molecule has 0 fully saturated rings. The molecule has 8 nitrogen and oxygen atoms in total. The lowest BCUT2D eigenvalue weighted by Crippen LogP contribution is -2.09. The lowest BCUT2D eigenvalue weighted by atomic mass is 10.0. The number of rotatable bonds is 4. The van der Waals surface area contributed by atoms with Crippen LogP contribution < -0.4 is 4.74 Å². The number of ether oxygens (including phenoxy) is 2. The minimum Gasteiger partial charge on any atom is -0.499 e. The Bertz CT molecular complexity index is 965. The van der Waals surface area contributed by atoms with E-state index in [4.69, 9.17) is 4.74 Å². The molecule has 0 aliphatic carbocycles. The maximum absolute atomic E-state index is 12.2. The van der Waals surface area contributed by atoms with Crippen LogP contribution in [0.15, 0.2) is 30.3 Å². The molecule has 3 aromatic rings. The van der Waals surface area contributed by atoms with Crippen molar-refractivity contribution in [3.8, 4) is 22.1 Å². The van der Waals surface area contributed by atoms with Gasteiger partial charge >= 0.3 is 11.7 Å². The van der Waals surface area contributed by atoms with Gasteiger partial charge in [-0.25, -0.2) is 9.78 Å². The van der Waals surface area contributed by atoms with E-state index in [0.717, 1.165) is 11.8 Å². The van der Waals surface area contributed by atoms with E-state index < -0.39 is 22.3 Å². The largest absolute Gasteiger partial charge is 0.499 e. The number of aromatic hydroxyl groups is 1. The molecule has 0 bridgehead atoms. The maximum Gasteiger partial charge on any atom is 0.345 e. The number of nitrogens with zero attached hydrogens (tertiary/aromatic N) is 2. The van der Waals surface area contributed by atoms with Gasteiger partial charge in [0, 0.05) is 5.56 Å². The van der Waals surface area contributed by atoms with Crippen LogP contribution in [0.4, 0.5) is 5.69 Å². The van der Waals surface area contributed by atoms with Crippen molar-refractivity contribution in [3.05, 3.63) is 46.0 Å². The monoisotopic (exact) mass is 360 g/mol. The summed E-state index contributed by atoms with van der Waals surface area (Å²) in [5.74, 6) is -1.81. The molecule has 0 spiro atoms. The molecular weight excluding hydrogens is 348 g/mol. The first-order valence-electron chi connectivity index (χ1n) is 7.00. The number of benzene rings is 2. The molecule has 1 heterocycles. The molecule has 0 aliphatic heterocycles. The second-order valence-electron chi connectivity index (χ2n) is 4.93. The summed E-state index contributed by atoms with van der Waals surface area (Å²) in [6.45, 7) is 0. The highest BCUT2D eigenvalue weighted by Gasteiger charge is 2.34. The van der Waals surface area contributed by atoms with Crippen molar-refractivity contribution in [3.63, 3.8) is 0 Å². The van der Waals surface area contributed by atoms with Crippen LogP contribution >= 0.6 is 11.3 Å². The van der Waals surface area contributed by atoms with Crippen LogP contribution in [0, 0.1) is 10.1 Å². The zero-order valence-electron chi connectivity index (χ0n) is 13.2. The fraction of sp³-hybridized carbons (Fsp3) is 0.125. The fourth-order valence-electron chi connectivity index (χ4n) is 2.43. The highest BCUT2D eigenvalue weighted by molar-refractivity contribution is 7.21. The lowest BCUT2D eigenvalue weighted by molar-refractivity contribution is -0.386. The molecule has 0 aliphatic rings. The smallest absolute Gasteiger partial charge is 0.345 e. The van der Waals surface area contributed by atoms with Crippen molar-refractivity contribution in [1.29, 1.82) is 0 Å². The second kappa shape index (κ2) is 6.36. The van der Waals surface area contributed by atoms with Crippen LogP contribution in [-0.4, -0.2) is 35.2 Å². The molecule has 0 atom stereocenters. The topological polar surface area (TPSA) is 112 Å². The lowest BCUT2D eigenvalue weighted by Gasteiger charge is -2.11. The van der Waals surface area contributed by atoms with Gasteiger partial charge in [0.25, 0.3) is 0 Å². The third-order valence-electron chi connectivity index (χ3n) is 3.56. The number of nitro groups is 1. The van der Waals surface area contributed by atoms with Crippen LogP contribution in [-0.2, 0) is 4.74 Å². The fourth-order valence-corrected chi connectivity index (χ4v) is 3.42. The Balaban J connectivity index is 2.39. The highest BCUT2D eigenvalue weighted by atomic mass is 32.1. The standard InChI is InChI=1S/C16H12N2O6S/c1-23-10-7-8(15-17-9-5-3-4-6-11(9)25-15)12(16(20)24-2)13(14(10)19)18(21)22/h3-7,19H,1-2H3. The zero-order chi connectivity index (χ0) is 18.1. The number of thiazole rings is 1. The van der Waals surface area contributed by atoms with Crippen molar-refractivity contribution in [2.75, 3.05) is 14.2 Å². The van der Waals surface area contributed by atoms with Gasteiger partial charge in [0.1, 0.15) is 5.01 Å². The zero-order valence-corrected chi connectivity index (χ0v) is 14.0. The number of fused-ring (bicyclic) bond motifs is 1. The SMILES string of the molecule is COC(=O)c1c(-c2nc3ccccc3s2)cc(OC)c(O)c1[N+](=O)[O-]. The molecule has 1 aromatic heterocycles. The molecule has 0 radical (unpaired) electrons. The minimum atomic E-state index is -0.945. The molecule has 2 aromatic carbocycles. The van der Waals surface area contributed by atoms with E-state index in [0.29, 0.717) is 10.5 Å². The Morgan fingerprint density at radius 2 is 2.04 bits per heavy atom. The number of esters is 1. The maximum atomic E-state index is 12.2. The first-order valence-corrected chi connectivity index (χ1v) is 7.82. The first kappa shape index (κ1) is 16.7. The Morgan fingerprint density at radius 1 is 1.32 bits per heavy atom. The van der Waals surface area contributed by atoms with Gasteiger partial charge < -0.3 is 14.6 Å². The number of aromatic nitrogens is 1. The van der Waals surface area contributed by atoms with Gasteiger partial charge in [-0.05, 0) is 18.2 Å². The normalized spacial score (nSPS) is 10.6. The summed E-state index contributed by atoms with van der Waals surface area (Å²) in [6.07, 6.45) is 0. The van der Waals surface area contributed by atoms with Crippen LogP contribution in [0.1, 0.15) is 10.4 Å². The summed E-state index contributed by atoms with van der Waals surface area (Å²) in [6, 6.07) is 8.63. The van der Waals surface area contributed by atoms with Crippen molar-refractivity contribution < 1.29 is 24.3 Å². The molecule has 9 heteroatoms. The van der Waals surface area contributed by atoms with Gasteiger partial charge in [0.15, 0.2) is 11.3 Å². The van der Waals surface area contributed by atoms with E-state index in [1.54, 1.807) is 6.07 Å². The Morgan fingerprint density at radius 3 is 2.64 bits per heavy atom. The predicted octanol–water partition coefficient (Wildman–Crippen LogP) is 3.37. The summed E-state index contributed by atoms with van der Waals surface area (Å²) in [5, 5.41) is 21.9. The van der Waals surface area contributed by atoms with Crippen molar-refractivity contribution in [2.45, 2.75) is 0 Å². The van der Waals surface area contributed by atoms with Gasteiger partial charge in [-0.1, -0.05) is 12.1 Å². The van der Waals surface area contributed by atoms with E-state index in [9.17, 15) is 20.0 Å². The second-order valence-corrected chi connectivity index (χ2v) is 5.96. The van der Waals surface area contributed by atoms with E-state index >= 15 is 0 Å². The molecule has 25 heavy (non-hydrogen) atoms. The van der Waals surface area contributed by atoms with Gasteiger partial charge in [-0.2, -0.15) is 0 Å². The number of hydrogen-bond acceptors (Lipinski definition) is 8. The summed E-state index contributed by atoms with van der Waals surface area (Å²) in [5.41, 5.74) is -0.298. The predicted molar refractivity (Wildman–Crippen MR) is 91.3 cm³/mol. The first-order chi connectivity index (χ1) is 12.0. The van der Waals surface area contributed by atoms with Gasteiger partial charge in [0.05, 0.1) is 29.4 Å². The Hall–Kier alpha value is -3.20. The summed E-state index contributed by atoms with van der Waals surface area (Å²) in [4.78, 5) is 27.2. The van der Waals surface area contributed by atoms with E-state index in [-0.39, 0.29) is 16.9 Å². The molecule has 1 N–H and O–H groups in total. The van der Waals surface area contributed by atoms with E-state index in [1.807, 2.05) is 18.2 Å². The average molecular weight is 360 g/mol.